The molecule has 0 bridgehead atoms. The standard InChI is InChI=1S/C13H30N2O2S/c1-4-14-11-12-18(16,17)15-10-8-6-5-7-9-13(2)3/h13-15H,4-12H2,1-3H3. The van der Waals surface area contributed by atoms with Crippen molar-refractivity contribution in [1.82, 2.24) is 10.0 Å². The van der Waals surface area contributed by atoms with Crippen LogP contribution >= 0.6 is 0 Å². The molecule has 0 aromatic heterocycles. The Balaban J connectivity index is 3.41. The topological polar surface area (TPSA) is 58.2 Å². The van der Waals surface area contributed by atoms with Gasteiger partial charge in [-0.2, -0.15) is 0 Å². The maximum atomic E-state index is 11.5. The monoisotopic (exact) mass is 278 g/mol. The molecule has 0 saturated heterocycles. The van der Waals surface area contributed by atoms with Crippen molar-refractivity contribution in [2.24, 2.45) is 5.92 Å². The fraction of sp³-hybridized carbons (Fsp3) is 1.00. The average molecular weight is 278 g/mol. The number of sulfonamides is 1. The highest BCUT2D eigenvalue weighted by Crippen LogP contribution is 2.08. The Morgan fingerprint density at radius 2 is 1.67 bits per heavy atom. The van der Waals surface area contributed by atoms with Crippen molar-refractivity contribution in [3.05, 3.63) is 0 Å². The van der Waals surface area contributed by atoms with Crippen molar-refractivity contribution < 1.29 is 8.42 Å². The van der Waals surface area contributed by atoms with E-state index in [1.807, 2.05) is 6.92 Å². The Hall–Kier alpha value is -0.130. The third kappa shape index (κ3) is 12.3. The summed E-state index contributed by atoms with van der Waals surface area (Å²) < 4.78 is 25.7. The van der Waals surface area contributed by atoms with Crippen LogP contribution in [-0.2, 0) is 10.0 Å². The van der Waals surface area contributed by atoms with Gasteiger partial charge in [0.1, 0.15) is 0 Å². The third-order valence-electron chi connectivity index (χ3n) is 2.83. The van der Waals surface area contributed by atoms with E-state index in [2.05, 4.69) is 23.9 Å². The molecule has 0 aliphatic heterocycles. The summed E-state index contributed by atoms with van der Waals surface area (Å²) in [7, 11) is -3.07. The van der Waals surface area contributed by atoms with Crippen molar-refractivity contribution in [3.63, 3.8) is 0 Å². The summed E-state index contributed by atoms with van der Waals surface area (Å²) in [5.41, 5.74) is 0. The van der Waals surface area contributed by atoms with Crippen LogP contribution in [0.2, 0.25) is 0 Å². The molecule has 18 heavy (non-hydrogen) atoms. The van der Waals surface area contributed by atoms with Crippen LogP contribution < -0.4 is 10.0 Å². The van der Waals surface area contributed by atoms with Crippen molar-refractivity contribution >= 4 is 10.0 Å². The van der Waals surface area contributed by atoms with Gasteiger partial charge in [0.05, 0.1) is 5.75 Å². The fourth-order valence-corrected chi connectivity index (χ4v) is 2.73. The first kappa shape index (κ1) is 17.9. The van der Waals surface area contributed by atoms with Crippen LogP contribution in [-0.4, -0.2) is 33.8 Å². The average Bonchev–Trinajstić information content (AvgIpc) is 2.27. The van der Waals surface area contributed by atoms with Crippen molar-refractivity contribution in [2.75, 3.05) is 25.4 Å². The molecular formula is C13H30N2O2S. The van der Waals surface area contributed by atoms with E-state index < -0.39 is 10.0 Å². The van der Waals surface area contributed by atoms with E-state index in [9.17, 15) is 8.42 Å². The number of nitrogens with one attached hydrogen (secondary N) is 2. The minimum atomic E-state index is -3.07. The van der Waals surface area contributed by atoms with E-state index in [4.69, 9.17) is 0 Å². The highest BCUT2D eigenvalue weighted by molar-refractivity contribution is 7.89. The van der Waals surface area contributed by atoms with Crippen LogP contribution in [0.5, 0.6) is 0 Å². The van der Waals surface area contributed by atoms with Gasteiger partial charge in [0.2, 0.25) is 10.0 Å². The molecule has 0 saturated carbocycles. The molecule has 0 spiro atoms. The van der Waals surface area contributed by atoms with Crippen LogP contribution in [0.25, 0.3) is 0 Å². The molecule has 0 aromatic rings. The summed E-state index contributed by atoms with van der Waals surface area (Å²) in [6, 6.07) is 0. The van der Waals surface area contributed by atoms with Gasteiger partial charge >= 0.3 is 0 Å². The van der Waals surface area contributed by atoms with Crippen LogP contribution in [0, 0.1) is 5.92 Å². The summed E-state index contributed by atoms with van der Waals surface area (Å²) >= 11 is 0. The number of hydrogen-bond acceptors (Lipinski definition) is 3. The van der Waals surface area contributed by atoms with Crippen molar-refractivity contribution in [1.29, 1.82) is 0 Å². The van der Waals surface area contributed by atoms with E-state index in [-0.39, 0.29) is 5.75 Å². The molecule has 0 radical (unpaired) electrons. The predicted molar refractivity (Wildman–Crippen MR) is 78.3 cm³/mol. The molecule has 0 rings (SSSR count). The van der Waals surface area contributed by atoms with Gasteiger partial charge in [0.25, 0.3) is 0 Å². The quantitative estimate of drug-likeness (QED) is 0.538. The first-order valence-electron chi connectivity index (χ1n) is 7.16. The molecule has 4 nitrogen and oxygen atoms in total. The molecular weight excluding hydrogens is 248 g/mol. The highest BCUT2D eigenvalue weighted by Gasteiger charge is 2.07. The lowest BCUT2D eigenvalue weighted by atomic mass is 10.0. The lowest BCUT2D eigenvalue weighted by Crippen LogP contribution is -2.32. The lowest BCUT2D eigenvalue weighted by Gasteiger charge is -2.07. The third-order valence-corrected chi connectivity index (χ3v) is 4.21. The Bertz CT molecular complexity index is 277. The fourth-order valence-electron chi connectivity index (χ4n) is 1.71. The number of hydrogen-bond donors (Lipinski definition) is 2. The second-order valence-electron chi connectivity index (χ2n) is 5.16. The van der Waals surface area contributed by atoms with E-state index in [0.29, 0.717) is 13.1 Å². The Morgan fingerprint density at radius 3 is 2.28 bits per heavy atom. The minimum Gasteiger partial charge on any atom is -0.316 e. The minimum absolute atomic E-state index is 0.175. The second kappa shape index (κ2) is 10.8. The van der Waals surface area contributed by atoms with Crippen LogP contribution in [0.1, 0.15) is 52.9 Å². The highest BCUT2D eigenvalue weighted by atomic mass is 32.2. The zero-order valence-corrected chi connectivity index (χ0v) is 13.0. The molecule has 0 unspecified atom stereocenters. The zero-order valence-electron chi connectivity index (χ0n) is 12.2. The lowest BCUT2D eigenvalue weighted by molar-refractivity contribution is 0.517. The molecule has 0 aliphatic carbocycles. The second-order valence-corrected chi connectivity index (χ2v) is 7.09. The Labute approximate surface area is 113 Å². The molecule has 0 aliphatic rings. The molecule has 0 heterocycles. The largest absolute Gasteiger partial charge is 0.316 e. The van der Waals surface area contributed by atoms with Gasteiger partial charge in [-0.3, -0.25) is 0 Å². The number of rotatable bonds is 12. The van der Waals surface area contributed by atoms with E-state index >= 15 is 0 Å². The normalized spacial score (nSPS) is 12.2. The van der Waals surface area contributed by atoms with Gasteiger partial charge in [-0.1, -0.05) is 46.5 Å². The smallest absolute Gasteiger partial charge is 0.212 e. The predicted octanol–water partition coefficient (Wildman–Crippen LogP) is 2.12. The van der Waals surface area contributed by atoms with Crippen molar-refractivity contribution in [3.8, 4) is 0 Å². The molecule has 0 aromatic carbocycles. The van der Waals surface area contributed by atoms with E-state index in [0.717, 1.165) is 25.3 Å². The van der Waals surface area contributed by atoms with Gasteiger partial charge in [0, 0.05) is 13.1 Å². The van der Waals surface area contributed by atoms with Gasteiger partial charge in [0.15, 0.2) is 0 Å². The summed E-state index contributed by atoms with van der Waals surface area (Å²) in [5, 5.41) is 3.01. The first-order chi connectivity index (χ1) is 8.48. The molecule has 0 atom stereocenters. The number of unbranched alkanes of at least 4 members (excludes halogenated alkanes) is 3. The van der Waals surface area contributed by atoms with Crippen molar-refractivity contribution in [2.45, 2.75) is 52.9 Å². The van der Waals surface area contributed by atoms with Gasteiger partial charge < -0.3 is 5.32 Å². The molecule has 0 amide bonds. The van der Waals surface area contributed by atoms with Crippen LogP contribution in [0.15, 0.2) is 0 Å². The maximum Gasteiger partial charge on any atom is 0.212 e. The summed E-state index contributed by atoms with van der Waals surface area (Å²) in [6.07, 6.45) is 5.79. The van der Waals surface area contributed by atoms with E-state index in [1.54, 1.807) is 0 Å². The van der Waals surface area contributed by atoms with E-state index in [1.165, 1.54) is 19.3 Å². The SMILES string of the molecule is CCNCCS(=O)(=O)NCCCCCCC(C)C. The van der Waals surface area contributed by atoms with Crippen LogP contribution in [0.4, 0.5) is 0 Å². The molecule has 5 heteroatoms. The molecule has 2 N–H and O–H groups in total. The summed E-state index contributed by atoms with van der Waals surface area (Å²) in [4.78, 5) is 0. The summed E-state index contributed by atoms with van der Waals surface area (Å²) in [5.74, 6) is 0.948. The molecule has 110 valence electrons. The Morgan fingerprint density at radius 1 is 1.00 bits per heavy atom. The Kier molecular flexibility index (Phi) is 10.7. The summed E-state index contributed by atoms with van der Waals surface area (Å²) in [6.45, 7) is 8.36. The van der Waals surface area contributed by atoms with Gasteiger partial charge in [-0.05, 0) is 18.9 Å². The van der Waals surface area contributed by atoms with Gasteiger partial charge in [-0.15, -0.1) is 0 Å². The van der Waals surface area contributed by atoms with Crippen LogP contribution in [0.3, 0.4) is 0 Å². The first-order valence-corrected chi connectivity index (χ1v) is 8.81. The maximum absolute atomic E-state index is 11.5. The zero-order chi connectivity index (χ0) is 13.9. The van der Waals surface area contributed by atoms with Gasteiger partial charge in [-0.25, -0.2) is 13.1 Å². The molecule has 0 fully saturated rings.